The van der Waals surface area contributed by atoms with Crippen molar-refractivity contribution >= 4 is 23.9 Å². The Morgan fingerprint density at radius 1 is 1.17 bits per heavy atom. The fraction of sp³-hybridized carbons (Fsp3) is 0.400. The second-order valence-corrected chi connectivity index (χ2v) is 7.16. The van der Waals surface area contributed by atoms with Gasteiger partial charge in [0.15, 0.2) is 12.2 Å². The van der Waals surface area contributed by atoms with E-state index in [2.05, 4.69) is 4.99 Å². The zero-order valence-corrected chi connectivity index (χ0v) is 16.6. The predicted molar refractivity (Wildman–Crippen MR) is 104 cm³/mol. The molecule has 152 valence electrons. The molecule has 0 aliphatic carbocycles. The van der Waals surface area contributed by atoms with Crippen LogP contribution in [-0.2, 0) is 20.9 Å². The molecule has 0 bridgehead atoms. The lowest BCUT2D eigenvalue weighted by atomic mass is 10.1. The summed E-state index contributed by atoms with van der Waals surface area (Å²) in [4.78, 5) is 48.6. The van der Waals surface area contributed by atoms with E-state index in [0.717, 1.165) is 16.2 Å². The highest BCUT2D eigenvalue weighted by atomic mass is 16.5. The molecule has 0 N–H and O–H groups in total. The van der Waals surface area contributed by atoms with Gasteiger partial charge in [-0.15, -0.1) is 0 Å². The van der Waals surface area contributed by atoms with Crippen molar-refractivity contribution in [3.05, 3.63) is 47.8 Å². The fourth-order valence-corrected chi connectivity index (χ4v) is 3.84. The Labute approximate surface area is 168 Å². The number of guanidine groups is 1. The molecule has 1 aromatic rings. The number of urea groups is 1. The van der Waals surface area contributed by atoms with Crippen molar-refractivity contribution in [3.63, 3.8) is 0 Å². The van der Waals surface area contributed by atoms with Crippen molar-refractivity contribution in [2.24, 2.45) is 4.99 Å². The number of carbonyl (C=O) groups excluding carboxylic acids is 3. The number of rotatable bonds is 5. The first-order valence-corrected chi connectivity index (χ1v) is 9.52. The molecule has 9 nitrogen and oxygen atoms in total. The smallest absolute Gasteiger partial charge is 0.328 e. The van der Waals surface area contributed by atoms with Crippen molar-refractivity contribution in [1.29, 1.82) is 0 Å². The molecule has 1 fully saturated rings. The van der Waals surface area contributed by atoms with Gasteiger partial charge in [-0.1, -0.05) is 30.3 Å². The van der Waals surface area contributed by atoms with Gasteiger partial charge in [0.1, 0.15) is 6.54 Å². The van der Waals surface area contributed by atoms with Gasteiger partial charge in [-0.25, -0.2) is 9.79 Å². The fourth-order valence-electron chi connectivity index (χ4n) is 3.84. The predicted octanol–water partition coefficient (Wildman–Crippen LogP) is 1.19. The molecular formula is C20H23N5O4. The third-order valence-electron chi connectivity index (χ3n) is 5.28. The first-order valence-electron chi connectivity index (χ1n) is 9.52. The number of carbonyl (C=O) groups is 3. The Balaban J connectivity index is 1.59. The molecule has 3 heterocycles. The van der Waals surface area contributed by atoms with E-state index in [0.29, 0.717) is 12.5 Å². The van der Waals surface area contributed by atoms with Gasteiger partial charge in [-0.05, 0) is 19.4 Å². The van der Waals surface area contributed by atoms with Crippen LogP contribution in [0, 0.1) is 0 Å². The summed E-state index contributed by atoms with van der Waals surface area (Å²) < 4.78 is 4.91. The molecule has 3 amide bonds. The SMILES string of the molecule is CCOC(=O)CN1C(=O)C2C(N=C3N(Cc4ccccc4)C(C)=CN32)N(C)C1=O. The quantitative estimate of drug-likeness (QED) is 0.694. The van der Waals surface area contributed by atoms with Crippen LogP contribution in [0.2, 0.25) is 0 Å². The summed E-state index contributed by atoms with van der Waals surface area (Å²) in [6.45, 7) is 4.02. The molecule has 9 heteroatoms. The molecule has 2 unspecified atom stereocenters. The molecule has 3 aliphatic heterocycles. The van der Waals surface area contributed by atoms with Crippen LogP contribution < -0.4 is 0 Å². The number of benzene rings is 1. The minimum absolute atomic E-state index is 0.187. The van der Waals surface area contributed by atoms with Gasteiger partial charge in [-0.3, -0.25) is 14.5 Å². The van der Waals surface area contributed by atoms with Crippen LogP contribution in [0.15, 0.2) is 47.2 Å². The molecule has 29 heavy (non-hydrogen) atoms. The maximum atomic E-state index is 13.1. The Morgan fingerprint density at radius 2 is 1.90 bits per heavy atom. The van der Waals surface area contributed by atoms with E-state index in [9.17, 15) is 14.4 Å². The maximum absolute atomic E-state index is 13.1. The van der Waals surface area contributed by atoms with Crippen molar-refractivity contribution in [1.82, 2.24) is 19.6 Å². The third-order valence-corrected chi connectivity index (χ3v) is 5.28. The molecule has 1 aromatic carbocycles. The summed E-state index contributed by atoms with van der Waals surface area (Å²) in [6.07, 6.45) is 1.24. The Hall–Kier alpha value is -3.36. The van der Waals surface area contributed by atoms with E-state index in [1.165, 1.54) is 4.90 Å². The molecule has 0 aromatic heterocycles. The number of likely N-dealkylation sites (N-methyl/N-ethyl adjacent to an activating group) is 1. The van der Waals surface area contributed by atoms with Crippen LogP contribution in [0.4, 0.5) is 4.79 Å². The van der Waals surface area contributed by atoms with Gasteiger partial charge in [-0.2, -0.15) is 0 Å². The van der Waals surface area contributed by atoms with E-state index in [1.54, 1.807) is 18.9 Å². The van der Waals surface area contributed by atoms with Gasteiger partial charge >= 0.3 is 12.0 Å². The van der Waals surface area contributed by atoms with E-state index in [-0.39, 0.29) is 6.61 Å². The molecule has 2 atom stereocenters. The molecule has 0 spiro atoms. The summed E-state index contributed by atoms with van der Waals surface area (Å²) in [5, 5.41) is 0. The lowest BCUT2D eigenvalue weighted by Gasteiger charge is -2.39. The number of allylic oxidation sites excluding steroid dienone is 1. The lowest BCUT2D eigenvalue weighted by Crippen LogP contribution is -2.65. The molecule has 0 saturated carbocycles. The van der Waals surface area contributed by atoms with Crippen LogP contribution in [-0.4, -0.2) is 75.9 Å². The third kappa shape index (κ3) is 3.12. The van der Waals surface area contributed by atoms with Gasteiger partial charge < -0.3 is 19.4 Å². The lowest BCUT2D eigenvalue weighted by molar-refractivity contribution is -0.150. The summed E-state index contributed by atoms with van der Waals surface area (Å²) in [7, 11) is 1.59. The number of hydrogen-bond acceptors (Lipinski definition) is 7. The van der Waals surface area contributed by atoms with Crippen LogP contribution in [0.3, 0.4) is 0 Å². The molecule has 3 aliphatic rings. The molecule has 4 rings (SSSR count). The van der Waals surface area contributed by atoms with Gasteiger partial charge in [0, 0.05) is 18.9 Å². The minimum Gasteiger partial charge on any atom is -0.465 e. The Morgan fingerprint density at radius 3 is 2.59 bits per heavy atom. The largest absolute Gasteiger partial charge is 0.465 e. The zero-order chi connectivity index (χ0) is 20.7. The Bertz CT molecular complexity index is 913. The number of aliphatic imine (C=N–C) groups is 1. The maximum Gasteiger partial charge on any atom is 0.328 e. The van der Waals surface area contributed by atoms with E-state index in [1.807, 2.05) is 48.4 Å². The number of esters is 1. The summed E-state index contributed by atoms with van der Waals surface area (Å²) >= 11 is 0. The van der Waals surface area contributed by atoms with Crippen molar-refractivity contribution in [2.75, 3.05) is 20.2 Å². The van der Waals surface area contributed by atoms with Crippen LogP contribution in [0.25, 0.3) is 0 Å². The van der Waals surface area contributed by atoms with E-state index in [4.69, 9.17) is 4.74 Å². The highest BCUT2D eigenvalue weighted by Crippen LogP contribution is 2.34. The first-order chi connectivity index (χ1) is 13.9. The van der Waals surface area contributed by atoms with Gasteiger partial charge in [0.25, 0.3) is 5.91 Å². The number of ether oxygens (including phenoxy) is 1. The normalized spacial score (nSPS) is 23.1. The monoisotopic (exact) mass is 397 g/mol. The zero-order valence-electron chi connectivity index (χ0n) is 16.6. The second kappa shape index (κ2) is 7.23. The highest BCUT2D eigenvalue weighted by Gasteiger charge is 2.54. The summed E-state index contributed by atoms with van der Waals surface area (Å²) in [5.74, 6) is -0.429. The highest BCUT2D eigenvalue weighted by molar-refractivity contribution is 6.06. The minimum atomic E-state index is -0.696. The number of fused-ring (bicyclic) bond motifs is 3. The van der Waals surface area contributed by atoms with Gasteiger partial charge in [0.2, 0.25) is 5.96 Å². The topological polar surface area (TPSA) is 85.8 Å². The van der Waals surface area contributed by atoms with Crippen LogP contribution >= 0.6 is 0 Å². The Kier molecular flexibility index (Phi) is 4.73. The van der Waals surface area contributed by atoms with Crippen molar-refractivity contribution in [3.8, 4) is 0 Å². The van der Waals surface area contributed by atoms with E-state index < -0.39 is 36.7 Å². The summed E-state index contributed by atoms with van der Waals surface area (Å²) in [6, 6.07) is 8.72. The van der Waals surface area contributed by atoms with Gasteiger partial charge in [0.05, 0.1) is 13.2 Å². The molecule has 1 saturated heterocycles. The number of amides is 3. The summed E-state index contributed by atoms with van der Waals surface area (Å²) in [5.41, 5.74) is 2.06. The van der Waals surface area contributed by atoms with Crippen LogP contribution in [0.5, 0.6) is 0 Å². The average molecular weight is 397 g/mol. The van der Waals surface area contributed by atoms with Crippen molar-refractivity contribution in [2.45, 2.75) is 32.6 Å². The number of hydrogen-bond donors (Lipinski definition) is 0. The second-order valence-electron chi connectivity index (χ2n) is 7.16. The first kappa shape index (κ1) is 19.0. The number of imide groups is 1. The van der Waals surface area contributed by atoms with Crippen LogP contribution in [0.1, 0.15) is 19.4 Å². The number of nitrogens with zero attached hydrogens (tertiary/aromatic N) is 5. The van der Waals surface area contributed by atoms with E-state index >= 15 is 0 Å². The average Bonchev–Trinajstić information content (AvgIpc) is 3.21. The molecular weight excluding hydrogens is 374 g/mol. The standard InChI is InChI=1S/C20H23N5O4/c1-4-29-15(26)12-25-18(27)16-17(22(3)20(25)28)21-19-23(13(2)10-24(16)19)11-14-8-6-5-7-9-14/h5-10,16-17H,4,11-12H2,1-3H3. The van der Waals surface area contributed by atoms with Crippen molar-refractivity contribution < 1.29 is 19.1 Å². The molecule has 0 radical (unpaired) electrons.